The van der Waals surface area contributed by atoms with Gasteiger partial charge in [0.25, 0.3) is 5.91 Å². The molecule has 1 saturated heterocycles. The average molecular weight is 417 g/mol. The van der Waals surface area contributed by atoms with Gasteiger partial charge in [0.2, 0.25) is 0 Å². The van der Waals surface area contributed by atoms with Gasteiger partial charge in [-0.25, -0.2) is 0 Å². The van der Waals surface area contributed by atoms with Gasteiger partial charge >= 0.3 is 0 Å². The minimum atomic E-state index is -0.0917. The highest BCUT2D eigenvalue weighted by molar-refractivity contribution is 6.00. The minimum Gasteiger partial charge on any atom is -0.489 e. The number of carbonyl (C=O) groups excluding carboxylic acids is 2. The first kappa shape index (κ1) is 19.9. The molecular weight excluding hydrogens is 388 g/mol. The zero-order valence-corrected chi connectivity index (χ0v) is 18.4. The third kappa shape index (κ3) is 3.32. The highest BCUT2D eigenvalue weighted by Gasteiger charge is 2.35. The Morgan fingerprint density at radius 1 is 1.06 bits per heavy atom. The largest absolute Gasteiger partial charge is 0.489 e. The fourth-order valence-electron chi connectivity index (χ4n) is 5.11. The molecule has 3 aromatic rings. The standard InChI is InChI=1S/C26H28N2O3/c1-16-17(2)27(3)22-9-8-19(14-21(16)22)26(30)28-12-10-18(11-13-28)25-15-23(29)20-6-4-5-7-24(20)31-25/h4-9,14,18,25H,10-13,15H2,1-3H3/t25-/m1/s1. The van der Waals surface area contributed by atoms with Crippen molar-refractivity contribution in [3.8, 4) is 5.75 Å². The average Bonchev–Trinajstić information content (AvgIpc) is 3.02. The monoisotopic (exact) mass is 416 g/mol. The summed E-state index contributed by atoms with van der Waals surface area (Å²) in [7, 11) is 2.06. The number of aryl methyl sites for hydroxylation is 2. The molecule has 1 aromatic heterocycles. The molecule has 1 amide bonds. The molecule has 5 heteroatoms. The predicted octanol–water partition coefficient (Wildman–Crippen LogP) is 4.68. The van der Waals surface area contributed by atoms with Crippen LogP contribution in [0.15, 0.2) is 42.5 Å². The van der Waals surface area contributed by atoms with E-state index in [-0.39, 0.29) is 17.8 Å². The van der Waals surface area contributed by atoms with E-state index in [9.17, 15) is 9.59 Å². The first-order valence-electron chi connectivity index (χ1n) is 11.1. The lowest BCUT2D eigenvalue weighted by Crippen LogP contribution is -2.44. The van der Waals surface area contributed by atoms with Gasteiger partial charge in [0, 0.05) is 48.7 Å². The van der Waals surface area contributed by atoms with Crippen LogP contribution in [0.4, 0.5) is 0 Å². The Balaban J connectivity index is 1.28. The Hall–Kier alpha value is -3.08. The van der Waals surface area contributed by atoms with E-state index in [0.29, 0.717) is 36.7 Å². The number of amides is 1. The molecule has 0 spiro atoms. The molecule has 0 unspecified atom stereocenters. The van der Waals surface area contributed by atoms with Gasteiger partial charge in [0.05, 0.1) is 5.56 Å². The summed E-state index contributed by atoms with van der Waals surface area (Å²) in [5.41, 5.74) is 5.05. The fourth-order valence-corrected chi connectivity index (χ4v) is 5.11. The predicted molar refractivity (Wildman–Crippen MR) is 121 cm³/mol. The van der Waals surface area contributed by atoms with Crippen molar-refractivity contribution in [3.63, 3.8) is 0 Å². The molecule has 5 nitrogen and oxygen atoms in total. The number of aromatic nitrogens is 1. The van der Waals surface area contributed by atoms with Crippen molar-refractivity contribution in [1.29, 1.82) is 0 Å². The van der Waals surface area contributed by atoms with Crippen molar-refractivity contribution < 1.29 is 14.3 Å². The van der Waals surface area contributed by atoms with Crippen LogP contribution in [0.25, 0.3) is 10.9 Å². The summed E-state index contributed by atoms with van der Waals surface area (Å²) in [6.07, 6.45) is 2.06. The lowest BCUT2D eigenvalue weighted by atomic mass is 9.86. The number of hydrogen-bond donors (Lipinski definition) is 0. The number of fused-ring (bicyclic) bond motifs is 2. The maximum atomic E-state index is 13.2. The number of rotatable bonds is 2. The Morgan fingerprint density at radius 3 is 2.58 bits per heavy atom. The van der Waals surface area contributed by atoms with Gasteiger partial charge in [-0.15, -0.1) is 0 Å². The Labute approximate surface area is 182 Å². The van der Waals surface area contributed by atoms with Gasteiger partial charge in [0.15, 0.2) is 5.78 Å². The summed E-state index contributed by atoms with van der Waals surface area (Å²) >= 11 is 0. The number of para-hydroxylation sites is 1. The smallest absolute Gasteiger partial charge is 0.253 e. The zero-order chi connectivity index (χ0) is 21.7. The molecule has 5 rings (SSSR count). The van der Waals surface area contributed by atoms with E-state index in [1.54, 1.807) is 0 Å². The molecule has 0 bridgehead atoms. The van der Waals surface area contributed by atoms with Crippen LogP contribution in [-0.4, -0.2) is 40.4 Å². The number of likely N-dealkylation sites (tertiary alicyclic amines) is 1. The van der Waals surface area contributed by atoms with Gasteiger partial charge in [-0.1, -0.05) is 12.1 Å². The summed E-state index contributed by atoms with van der Waals surface area (Å²) in [5, 5.41) is 1.15. The summed E-state index contributed by atoms with van der Waals surface area (Å²) in [5.74, 6) is 1.24. The molecule has 3 heterocycles. The van der Waals surface area contributed by atoms with Crippen molar-refractivity contribution in [2.45, 2.75) is 39.2 Å². The van der Waals surface area contributed by atoms with E-state index in [4.69, 9.17) is 4.74 Å². The van der Waals surface area contributed by atoms with Crippen LogP contribution in [0.3, 0.4) is 0 Å². The molecule has 0 saturated carbocycles. The first-order valence-corrected chi connectivity index (χ1v) is 11.1. The van der Waals surface area contributed by atoms with Gasteiger partial charge in [-0.05, 0) is 68.5 Å². The third-order valence-electron chi connectivity index (χ3n) is 7.26. The number of hydrogen-bond acceptors (Lipinski definition) is 3. The topological polar surface area (TPSA) is 51.5 Å². The molecular formula is C26H28N2O3. The lowest BCUT2D eigenvalue weighted by molar-refractivity contribution is 0.0452. The molecule has 2 aliphatic rings. The van der Waals surface area contributed by atoms with E-state index in [2.05, 4.69) is 25.5 Å². The molecule has 0 N–H and O–H groups in total. The van der Waals surface area contributed by atoms with E-state index in [1.165, 1.54) is 11.3 Å². The fraction of sp³-hybridized carbons (Fsp3) is 0.385. The van der Waals surface area contributed by atoms with Crippen LogP contribution in [0, 0.1) is 19.8 Å². The Kier molecular flexibility index (Phi) is 4.84. The highest BCUT2D eigenvalue weighted by atomic mass is 16.5. The maximum Gasteiger partial charge on any atom is 0.253 e. The molecule has 31 heavy (non-hydrogen) atoms. The molecule has 1 fully saturated rings. The quantitative estimate of drug-likeness (QED) is 0.609. The Morgan fingerprint density at radius 2 is 1.81 bits per heavy atom. The second-order valence-corrected chi connectivity index (χ2v) is 8.91. The van der Waals surface area contributed by atoms with Crippen molar-refractivity contribution >= 4 is 22.6 Å². The maximum absolute atomic E-state index is 13.2. The second kappa shape index (κ2) is 7.56. The number of Topliss-reactive ketones (excluding diaryl/α,β-unsaturated/α-hetero) is 1. The van der Waals surface area contributed by atoms with E-state index < -0.39 is 0 Å². The van der Waals surface area contributed by atoms with Gasteiger partial charge < -0.3 is 14.2 Å². The van der Waals surface area contributed by atoms with Gasteiger partial charge in [-0.2, -0.15) is 0 Å². The molecule has 0 radical (unpaired) electrons. The number of ether oxygens (including phenoxy) is 1. The number of nitrogens with zero attached hydrogens (tertiary/aromatic N) is 2. The minimum absolute atomic E-state index is 0.0900. The number of benzene rings is 2. The van der Waals surface area contributed by atoms with Gasteiger partial charge in [0.1, 0.15) is 11.9 Å². The third-order valence-corrected chi connectivity index (χ3v) is 7.26. The normalized spacial score (nSPS) is 19.4. The second-order valence-electron chi connectivity index (χ2n) is 8.91. The summed E-state index contributed by atoms with van der Waals surface area (Å²) in [6, 6.07) is 13.5. The Bertz CT molecular complexity index is 1180. The van der Waals surface area contributed by atoms with Crippen LogP contribution in [-0.2, 0) is 7.05 Å². The lowest BCUT2D eigenvalue weighted by Gasteiger charge is -2.37. The number of piperidine rings is 1. The molecule has 0 aliphatic carbocycles. The van der Waals surface area contributed by atoms with Crippen LogP contribution in [0.2, 0.25) is 0 Å². The highest BCUT2D eigenvalue weighted by Crippen LogP contribution is 2.34. The van der Waals surface area contributed by atoms with Crippen molar-refractivity contribution in [1.82, 2.24) is 9.47 Å². The number of ketones is 1. The molecule has 1 atom stereocenters. The van der Waals surface area contributed by atoms with Crippen LogP contribution < -0.4 is 4.74 Å². The van der Waals surface area contributed by atoms with E-state index in [1.807, 2.05) is 47.4 Å². The first-order chi connectivity index (χ1) is 14.9. The van der Waals surface area contributed by atoms with Crippen LogP contribution in [0.5, 0.6) is 5.75 Å². The SMILES string of the molecule is Cc1c(C)n(C)c2ccc(C(=O)N3CCC([C@H]4CC(=O)c5ccccc5O4)CC3)cc12. The van der Waals surface area contributed by atoms with E-state index >= 15 is 0 Å². The number of carbonyl (C=O) groups is 2. The molecule has 160 valence electrons. The van der Waals surface area contributed by atoms with Crippen LogP contribution >= 0.6 is 0 Å². The summed E-state index contributed by atoms with van der Waals surface area (Å²) in [4.78, 5) is 27.6. The van der Waals surface area contributed by atoms with Crippen LogP contribution in [0.1, 0.15) is 51.2 Å². The molecule has 2 aromatic carbocycles. The van der Waals surface area contributed by atoms with Crippen molar-refractivity contribution in [2.75, 3.05) is 13.1 Å². The van der Waals surface area contributed by atoms with E-state index in [0.717, 1.165) is 29.3 Å². The zero-order valence-electron chi connectivity index (χ0n) is 18.4. The summed E-state index contributed by atoms with van der Waals surface area (Å²) in [6.45, 7) is 5.62. The molecule has 2 aliphatic heterocycles. The van der Waals surface area contributed by atoms with Crippen molar-refractivity contribution in [3.05, 3.63) is 64.8 Å². The summed E-state index contributed by atoms with van der Waals surface area (Å²) < 4.78 is 8.35. The van der Waals surface area contributed by atoms with Crippen molar-refractivity contribution in [2.24, 2.45) is 13.0 Å². The van der Waals surface area contributed by atoms with Gasteiger partial charge in [-0.3, -0.25) is 9.59 Å².